The highest BCUT2D eigenvalue weighted by Crippen LogP contribution is 2.57. The molecule has 10 nitrogen and oxygen atoms in total. The Bertz CT molecular complexity index is 2890. The lowest BCUT2D eigenvalue weighted by molar-refractivity contribution is 0.346. The van der Waals surface area contributed by atoms with Crippen molar-refractivity contribution in [2.24, 2.45) is 0 Å². The van der Waals surface area contributed by atoms with Crippen molar-refractivity contribution in [1.82, 2.24) is 0 Å². The van der Waals surface area contributed by atoms with Crippen molar-refractivity contribution >= 4 is 40.2 Å². The SMILES string of the molecule is C=Cc1c(O)c(O)c(O)c(O)c1N(c1ccc(-c2ccccc2)cc1)c1cccc(-c2cccc(N(c3ccc(-c4ccccc4)cc3)c3c(O)c(C)c(O)c(O)c3O)c2)c1. The van der Waals surface area contributed by atoms with Gasteiger partial charge in [-0.25, -0.2) is 0 Å². The Morgan fingerprint density at radius 1 is 0.344 bits per heavy atom. The maximum Gasteiger partial charge on any atom is 0.206 e. The Labute approximate surface area is 351 Å². The van der Waals surface area contributed by atoms with E-state index in [1.807, 2.05) is 133 Å². The van der Waals surface area contributed by atoms with Gasteiger partial charge in [0.1, 0.15) is 17.1 Å². The highest BCUT2D eigenvalue weighted by Gasteiger charge is 2.30. The first kappa shape index (κ1) is 39.3. The van der Waals surface area contributed by atoms with E-state index >= 15 is 0 Å². The molecular formula is C51H40N2O8. The van der Waals surface area contributed by atoms with Crippen molar-refractivity contribution < 1.29 is 40.9 Å². The molecule has 0 radical (unpaired) electrons. The van der Waals surface area contributed by atoms with Crippen LogP contribution >= 0.6 is 0 Å². The normalized spacial score (nSPS) is 11.0. The van der Waals surface area contributed by atoms with E-state index in [0.29, 0.717) is 33.9 Å². The first-order valence-electron chi connectivity index (χ1n) is 19.2. The molecule has 61 heavy (non-hydrogen) atoms. The van der Waals surface area contributed by atoms with Gasteiger partial charge in [0.2, 0.25) is 17.2 Å². The molecule has 0 spiro atoms. The minimum atomic E-state index is -0.910. The molecule has 8 rings (SSSR count). The van der Waals surface area contributed by atoms with E-state index < -0.39 is 46.0 Å². The molecule has 0 atom stereocenters. The first-order chi connectivity index (χ1) is 29.5. The van der Waals surface area contributed by atoms with E-state index in [4.69, 9.17) is 0 Å². The lowest BCUT2D eigenvalue weighted by Gasteiger charge is -2.29. The quantitative estimate of drug-likeness (QED) is 0.0492. The van der Waals surface area contributed by atoms with Gasteiger partial charge in [0, 0.05) is 33.9 Å². The molecule has 0 saturated heterocycles. The molecule has 0 heterocycles. The lowest BCUT2D eigenvalue weighted by Crippen LogP contribution is -2.12. The second kappa shape index (κ2) is 16.0. The number of anilines is 6. The largest absolute Gasteiger partial charge is 0.505 e. The third kappa shape index (κ3) is 7.08. The summed E-state index contributed by atoms with van der Waals surface area (Å²) in [6.07, 6.45) is 1.27. The molecule has 0 aromatic heterocycles. The summed E-state index contributed by atoms with van der Waals surface area (Å²) in [6.45, 7) is 5.24. The van der Waals surface area contributed by atoms with Crippen molar-refractivity contribution in [3.8, 4) is 79.4 Å². The molecular weight excluding hydrogens is 769 g/mol. The molecule has 0 aliphatic heterocycles. The van der Waals surface area contributed by atoms with E-state index in [-0.39, 0.29) is 22.5 Å². The van der Waals surface area contributed by atoms with E-state index in [1.165, 1.54) is 13.0 Å². The molecule has 0 fully saturated rings. The van der Waals surface area contributed by atoms with E-state index in [9.17, 15) is 40.9 Å². The van der Waals surface area contributed by atoms with Crippen molar-refractivity contribution in [1.29, 1.82) is 0 Å². The molecule has 0 aliphatic carbocycles. The van der Waals surface area contributed by atoms with Crippen LogP contribution in [0.1, 0.15) is 11.1 Å². The Hall–Kier alpha value is -8.50. The van der Waals surface area contributed by atoms with Gasteiger partial charge in [-0.05, 0) is 88.8 Å². The Balaban J connectivity index is 1.28. The molecule has 0 aliphatic rings. The van der Waals surface area contributed by atoms with Crippen LogP contribution in [0.25, 0.3) is 39.5 Å². The standard InChI is InChI=1S/C51H40N2O8/c1-3-41-42(47(57)51(61)50(60)46(41)56)52(37-24-20-33(21-25-37)31-12-6-4-7-13-31)39-18-10-16-35(28-39)36-17-11-19-40(29-36)53(43-44(54)30(2)45(55)49(59)48(43)58)38-26-22-34(23-27-38)32-14-8-5-9-15-32/h3-29,54-61H,1H2,2H3. The third-order valence-corrected chi connectivity index (χ3v) is 10.7. The number of aromatic hydroxyl groups is 8. The van der Waals surface area contributed by atoms with Crippen molar-refractivity contribution in [2.45, 2.75) is 6.92 Å². The zero-order valence-corrected chi connectivity index (χ0v) is 32.8. The van der Waals surface area contributed by atoms with Crippen molar-refractivity contribution in [3.63, 3.8) is 0 Å². The van der Waals surface area contributed by atoms with Gasteiger partial charge in [-0.15, -0.1) is 0 Å². The van der Waals surface area contributed by atoms with E-state index in [0.717, 1.165) is 22.3 Å². The van der Waals surface area contributed by atoms with Gasteiger partial charge in [0.15, 0.2) is 23.0 Å². The van der Waals surface area contributed by atoms with E-state index in [2.05, 4.69) is 6.58 Å². The van der Waals surface area contributed by atoms with Crippen LogP contribution in [-0.4, -0.2) is 40.9 Å². The summed E-state index contributed by atoms with van der Waals surface area (Å²) in [5.74, 6) is -5.78. The number of hydrogen-bond acceptors (Lipinski definition) is 10. The molecule has 8 N–H and O–H groups in total. The van der Waals surface area contributed by atoms with Gasteiger partial charge < -0.3 is 50.7 Å². The van der Waals surface area contributed by atoms with Crippen LogP contribution in [0.15, 0.2) is 164 Å². The fourth-order valence-electron chi connectivity index (χ4n) is 7.47. The molecule has 10 heteroatoms. The number of nitrogens with zero attached hydrogens (tertiary/aromatic N) is 2. The second-order valence-electron chi connectivity index (χ2n) is 14.3. The summed E-state index contributed by atoms with van der Waals surface area (Å²) in [5.41, 5.74) is 6.91. The highest BCUT2D eigenvalue weighted by atomic mass is 16.3. The Morgan fingerprint density at radius 3 is 1.18 bits per heavy atom. The highest BCUT2D eigenvalue weighted by molar-refractivity contribution is 5.94. The van der Waals surface area contributed by atoms with Crippen LogP contribution in [0.2, 0.25) is 0 Å². The van der Waals surface area contributed by atoms with E-state index in [1.54, 1.807) is 34.1 Å². The molecule has 0 amide bonds. The summed E-state index contributed by atoms with van der Waals surface area (Å²) in [7, 11) is 0. The van der Waals surface area contributed by atoms with Gasteiger partial charge in [-0.1, -0.05) is 122 Å². The third-order valence-electron chi connectivity index (χ3n) is 10.7. The summed E-state index contributed by atoms with van der Waals surface area (Å²) in [5, 5.41) is 87.8. The number of rotatable bonds is 10. The maximum atomic E-state index is 11.5. The molecule has 0 saturated carbocycles. The number of hydrogen-bond donors (Lipinski definition) is 8. The molecule has 0 bridgehead atoms. The first-order valence-corrected chi connectivity index (χ1v) is 19.2. The van der Waals surface area contributed by atoms with Gasteiger partial charge in [-0.2, -0.15) is 0 Å². The average molecular weight is 809 g/mol. The molecule has 8 aromatic rings. The van der Waals surface area contributed by atoms with Crippen molar-refractivity contribution in [3.05, 3.63) is 175 Å². The van der Waals surface area contributed by atoms with Crippen LogP contribution in [0.4, 0.5) is 34.1 Å². The fraction of sp³-hybridized carbons (Fsp3) is 0.0196. The zero-order valence-electron chi connectivity index (χ0n) is 32.8. The van der Waals surface area contributed by atoms with Gasteiger partial charge in [0.25, 0.3) is 0 Å². The van der Waals surface area contributed by atoms with Crippen LogP contribution in [0.3, 0.4) is 0 Å². The molecule has 302 valence electrons. The summed E-state index contributed by atoms with van der Waals surface area (Å²) >= 11 is 0. The average Bonchev–Trinajstić information content (AvgIpc) is 3.31. The Morgan fingerprint density at radius 2 is 0.721 bits per heavy atom. The smallest absolute Gasteiger partial charge is 0.206 e. The summed E-state index contributed by atoms with van der Waals surface area (Å²) < 4.78 is 0. The molecule has 8 aromatic carbocycles. The Kier molecular flexibility index (Phi) is 10.3. The predicted octanol–water partition coefficient (Wildman–Crippen LogP) is 12.2. The second-order valence-corrected chi connectivity index (χ2v) is 14.3. The van der Waals surface area contributed by atoms with Crippen LogP contribution in [-0.2, 0) is 0 Å². The minimum absolute atomic E-state index is 0.0340. The fourth-order valence-corrected chi connectivity index (χ4v) is 7.47. The van der Waals surface area contributed by atoms with Gasteiger partial charge in [-0.3, -0.25) is 0 Å². The number of phenols is 8. The van der Waals surface area contributed by atoms with Gasteiger partial charge in [0.05, 0.1) is 0 Å². The number of phenolic OH excluding ortho intramolecular Hbond substituents is 8. The van der Waals surface area contributed by atoms with Crippen LogP contribution < -0.4 is 9.80 Å². The summed E-state index contributed by atoms with van der Waals surface area (Å²) in [6, 6.07) is 49.0. The molecule has 0 unspecified atom stereocenters. The maximum absolute atomic E-state index is 11.5. The summed E-state index contributed by atoms with van der Waals surface area (Å²) in [4.78, 5) is 3.21. The van der Waals surface area contributed by atoms with Crippen LogP contribution in [0.5, 0.6) is 46.0 Å². The van der Waals surface area contributed by atoms with Crippen molar-refractivity contribution in [2.75, 3.05) is 9.80 Å². The monoisotopic (exact) mass is 808 g/mol. The predicted molar refractivity (Wildman–Crippen MR) is 240 cm³/mol. The zero-order chi connectivity index (χ0) is 42.9. The number of benzene rings is 8. The topological polar surface area (TPSA) is 168 Å². The van der Waals surface area contributed by atoms with Crippen LogP contribution in [0, 0.1) is 6.92 Å². The lowest BCUT2D eigenvalue weighted by atomic mass is 10.0. The minimum Gasteiger partial charge on any atom is -0.505 e. The van der Waals surface area contributed by atoms with Gasteiger partial charge >= 0.3 is 0 Å².